The van der Waals surface area contributed by atoms with Gasteiger partial charge in [-0.3, -0.25) is 15.0 Å². The highest BCUT2D eigenvalue weighted by Gasteiger charge is 2.29. The molecule has 150 valence electrons. The van der Waals surface area contributed by atoms with Crippen molar-refractivity contribution in [1.29, 1.82) is 0 Å². The number of nitrogens with one attached hydrogen (secondary N) is 1. The second-order valence-corrected chi connectivity index (χ2v) is 8.80. The molecule has 0 radical (unpaired) electrons. The number of amides is 1. The molecular weight excluding hydrogens is 404 g/mol. The van der Waals surface area contributed by atoms with Gasteiger partial charge in [-0.15, -0.1) is 10.2 Å². The number of hydrogen-bond acceptors (Lipinski definition) is 7. The summed E-state index contributed by atoms with van der Waals surface area (Å²) in [5.74, 6) is 0.734. The molecule has 2 aromatic carbocycles. The van der Waals surface area contributed by atoms with Crippen molar-refractivity contribution in [3.63, 3.8) is 0 Å². The van der Waals surface area contributed by atoms with E-state index in [-0.39, 0.29) is 11.9 Å². The molecule has 0 saturated carbocycles. The highest BCUT2D eigenvalue weighted by Crippen LogP contribution is 2.30. The first-order valence-electron chi connectivity index (χ1n) is 9.47. The minimum absolute atomic E-state index is 0.0890. The third-order valence-corrected chi connectivity index (χ3v) is 6.66. The Morgan fingerprint density at radius 3 is 2.48 bits per heavy atom. The number of morpholine rings is 1. The molecule has 3 aromatic rings. The fraction of sp³-hybridized carbons (Fsp3) is 0.286. The third kappa shape index (κ3) is 5.42. The number of thioether (sulfide) groups is 1. The number of ether oxygens (including phenoxy) is 1. The summed E-state index contributed by atoms with van der Waals surface area (Å²) in [7, 11) is 0. The molecule has 8 heteroatoms. The standard InChI is InChI=1S/C21H22N4O2S2/c26-19(18(17-9-5-2-6-10-17)25-11-13-27-14-12-25)22-20-23-24-21(29-20)28-15-16-7-3-1-4-8-16/h1-10,18H,11-15H2,(H,22,23,26)/t18-/m1/s1. The molecule has 6 nitrogen and oxygen atoms in total. The summed E-state index contributed by atoms with van der Waals surface area (Å²) in [5, 5.41) is 11.9. The first kappa shape index (κ1) is 20.0. The van der Waals surface area contributed by atoms with Crippen LogP contribution in [0.15, 0.2) is 65.0 Å². The maximum Gasteiger partial charge on any atom is 0.248 e. The van der Waals surface area contributed by atoms with Crippen LogP contribution in [0.1, 0.15) is 17.2 Å². The number of rotatable bonds is 7. The van der Waals surface area contributed by atoms with E-state index in [0.29, 0.717) is 18.3 Å². The van der Waals surface area contributed by atoms with Crippen LogP contribution in [-0.4, -0.2) is 47.3 Å². The van der Waals surface area contributed by atoms with Crippen LogP contribution in [-0.2, 0) is 15.3 Å². The van der Waals surface area contributed by atoms with E-state index in [2.05, 4.69) is 32.5 Å². The number of aromatic nitrogens is 2. The van der Waals surface area contributed by atoms with Crippen molar-refractivity contribution in [1.82, 2.24) is 15.1 Å². The van der Waals surface area contributed by atoms with Gasteiger partial charge in [-0.1, -0.05) is 83.8 Å². The topological polar surface area (TPSA) is 67.4 Å². The predicted octanol–water partition coefficient (Wildman–Crippen LogP) is 3.84. The summed E-state index contributed by atoms with van der Waals surface area (Å²) in [5.41, 5.74) is 2.20. The Bertz CT molecular complexity index is 915. The summed E-state index contributed by atoms with van der Waals surface area (Å²) in [4.78, 5) is 15.3. The van der Waals surface area contributed by atoms with Crippen molar-refractivity contribution in [3.05, 3.63) is 71.8 Å². The zero-order valence-electron chi connectivity index (χ0n) is 15.9. The average molecular weight is 427 g/mol. The van der Waals surface area contributed by atoms with Crippen LogP contribution in [0, 0.1) is 0 Å². The van der Waals surface area contributed by atoms with Crippen LogP contribution in [0.4, 0.5) is 5.13 Å². The molecule has 2 heterocycles. The van der Waals surface area contributed by atoms with Crippen LogP contribution in [0.5, 0.6) is 0 Å². The molecule has 1 aromatic heterocycles. The molecule has 1 amide bonds. The summed E-state index contributed by atoms with van der Waals surface area (Å²) in [6, 6.07) is 19.7. The smallest absolute Gasteiger partial charge is 0.248 e. The second kappa shape index (κ2) is 9.98. The number of carbonyl (C=O) groups excluding carboxylic acids is 1. The van der Waals surface area contributed by atoms with Crippen LogP contribution in [0.25, 0.3) is 0 Å². The van der Waals surface area contributed by atoms with Crippen LogP contribution in [0.3, 0.4) is 0 Å². The van der Waals surface area contributed by atoms with Gasteiger partial charge in [-0.25, -0.2) is 0 Å². The summed E-state index contributed by atoms with van der Waals surface area (Å²) >= 11 is 3.03. The van der Waals surface area contributed by atoms with Gasteiger partial charge in [0.1, 0.15) is 6.04 Å². The van der Waals surface area contributed by atoms with Crippen LogP contribution in [0.2, 0.25) is 0 Å². The molecule has 1 saturated heterocycles. The lowest BCUT2D eigenvalue weighted by molar-refractivity contribution is -0.123. The van der Waals surface area contributed by atoms with Crippen molar-refractivity contribution in [2.24, 2.45) is 0 Å². The molecule has 29 heavy (non-hydrogen) atoms. The van der Waals surface area contributed by atoms with E-state index in [1.54, 1.807) is 11.8 Å². The van der Waals surface area contributed by atoms with Crippen molar-refractivity contribution in [2.75, 3.05) is 31.6 Å². The minimum Gasteiger partial charge on any atom is -0.379 e. The summed E-state index contributed by atoms with van der Waals surface area (Å²) in [6.45, 7) is 2.72. The van der Waals surface area contributed by atoms with Gasteiger partial charge in [0.2, 0.25) is 11.0 Å². The zero-order chi connectivity index (χ0) is 19.9. The highest BCUT2D eigenvalue weighted by molar-refractivity contribution is 8.00. The van der Waals surface area contributed by atoms with Crippen molar-refractivity contribution < 1.29 is 9.53 Å². The Morgan fingerprint density at radius 2 is 1.76 bits per heavy atom. The summed E-state index contributed by atoms with van der Waals surface area (Å²) in [6.07, 6.45) is 0. The highest BCUT2D eigenvalue weighted by atomic mass is 32.2. The van der Waals surface area contributed by atoms with E-state index >= 15 is 0 Å². The molecule has 1 N–H and O–H groups in total. The van der Waals surface area contributed by atoms with Crippen LogP contribution < -0.4 is 5.32 Å². The van der Waals surface area contributed by atoms with Crippen LogP contribution >= 0.6 is 23.1 Å². The van der Waals surface area contributed by atoms with Crippen molar-refractivity contribution >= 4 is 34.1 Å². The van der Waals surface area contributed by atoms with Gasteiger partial charge in [0.05, 0.1) is 13.2 Å². The van der Waals surface area contributed by atoms with Crippen molar-refractivity contribution in [3.8, 4) is 0 Å². The molecule has 0 bridgehead atoms. The lowest BCUT2D eigenvalue weighted by Crippen LogP contribution is -2.43. The quantitative estimate of drug-likeness (QED) is 0.457. The number of carbonyl (C=O) groups is 1. The van der Waals surface area contributed by atoms with Gasteiger partial charge in [0.25, 0.3) is 0 Å². The van der Waals surface area contributed by atoms with E-state index < -0.39 is 0 Å². The van der Waals surface area contributed by atoms with Crippen molar-refractivity contribution in [2.45, 2.75) is 16.1 Å². The number of benzene rings is 2. The normalized spacial score (nSPS) is 15.7. The summed E-state index contributed by atoms with van der Waals surface area (Å²) < 4.78 is 6.29. The molecule has 1 aliphatic rings. The molecule has 1 aliphatic heterocycles. The molecule has 1 fully saturated rings. The second-order valence-electron chi connectivity index (χ2n) is 6.60. The largest absolute Gasteiger partial charge is 0.379 e. The first-order chi connectivity index (χ1) is 14.3. The monoisotopic (exact) mass is 426 g/mol. The fourth-order valence-corrected chi connectivity index (χ4v) is 4.92. The molecular formula is C21H22N4O2S2. The minimum atomic E-state index is -0.371. The van der Waals surface area contributed by atoms with E-state index in [1.807, 2.05) is 48.5 Å². The van der Waals surface area contributed by atoms with Gasteiger partial charge in [-0.05, 0) is 11.1 Å². The van der Waals surface area contributed by atoms with E-state index in [9.17, 15) is 4.79 Å². The Hall–Kier alpha value is -2.26. The molecule has 0 unspecified atom stereocenters. The zero-order valence-corrected chi connectivity index (χ0v) is 17.5. The predicted molar refractivity (Wildman–Crippen MR) is 116 cm³/mol. The number of anilines is 1. The maximum atomic E-state index is 13.1. The van der Waals surface area contributed by atoms with Gasteiger partial charge in [-0.2, -0.15) is 0 Å². The van der Waals surface area contributed by atoms with E-state index in [0.717, 1.165) is 28.7 Å². The molecule has 0 aliphatic carbocycles. The van der Waals surface area contributed by atoms with Gasteiger partial charge in [0, 0.05) is 18.8 Å². The first-order valence-corrected chi connectivity index (χ1v) is 11.3. The molecule has 0 spiro atoms. The van der Waals surface area contributed by atoms with Gasteiger partial charge >= 0.3 is 0 Å². The third-order valence-electron chi connectivity index (χ3n) is 4.62. The number of hydrogen-bond donors (Lipinski definition) is 1. The van der Waals surface area contributed by atoms with E-state index in [4.69, 9.17) is 4.74 Å². The lowest BCUT2D eigenvalue weighted by atomic mass is 10.0. The van der Waals surface area contributed by atoms with Gasteiger partial charge in [0.15, 0.2) is 4.34 Å². The lowest BCUT2D eigenvalue weighted by Gasteiger charge is -2.33. The SMILES string of the molecule is O=C(Nc1nnc(SCc2ccccc2)s1)[C@@H](c1ccccc1)N1CCOCC1. The average Bonchev–Trinajstić information content (AvgIpc) is 3.22. The molecule has 1 atom stereocenters. The Balaban J connectivity index is 1.43. The Kier molecular flexibility index (Phi) is 6.89. The Labute approximate surface area is 178 Å². The number of nitrogens with zero attached hydrogens (tertiary/aromatic N) is 3. The maximum absolute atomic E-state index is 13.1. The fourth-order valence-electron chi connectivity index (χ4n) is 3.21. The molecule has 4 rings (SSSR count). The van der Waals surface area contributed by atoms with Gasteiger partial charge < -0.3 is 4.74 Å². The Morgan fingerprint density at radius 1 is 1.07 bits per heavy atom. The van der Waals surface area contributed by atoms with E-state index in [1.165, 1.54) is 16.9 Å².